The number of hydrogen-bond donors (Lipinski definition) is 1. The molecule has 124 valence electrons. The maximum Gasteiger partial charge on any atom is 0.321 e. The Morgan fingerprint density at radius 2 is 1.74 bits per heavy atom. The predicted molar refractivity (Wildman–Crippen MR) is 87.5 cm³/mol. The number of amides is 3. The third kappa shape index (κ3) is 3.95. The van der Waals surface area contributed by atoms with Gasteiger partial charge >= 0.3 is 6.03 Å². The van der Waals surface area contributed by atoms with E-state index in [2.05, 4.69) is 5.32 Å². The molecule has 7 heteroatoms. The van der Waals surface area contributed by atoms with E-state index in [1.165, 1.54) is 0 Å². The molecule has 2 heterocycles. The molecular formula is C16H20ClN3O3. The van der Waals surface area contributed by atoms with Crippen LogP contribution in [-0.2, 0) is 9.53 Å². The van der Waals surface area contributed by atoms with E-state index >= 15 is 0 Å². The highest BCUT2D eigenvalue weighted by Gasteiger charge is 2.31. The first-order valence-corrected chi connectivity index (χ1v) is 8.19. The van der Waals surface area contributed by atoms with Crippen LogP contribution in [0.2, 0.25) is 5.02 Å². The Balaban J connectivity index is 1.49. The van der Waals surface area contributed by atoms with Gasteiger partial charge < -0.3 is 19.9 Å². The van der Waals surface area contributed by atoms with E-state index in [4.69, 9.17) is 16.3 Å². The highest BCUT2D eigenvalue weighted by atomic mass is 35.5. The number of halogens is 1. The van der Waals surface area contributed by atoms with Gasteiger partial charge in [0.15, 0.2) is 0 Å². The number of ether oxygens (including phenoxy) is 1. The predicted octanol–water partition coefficient (Wildman–Crippen LogP) is 2.05. The summed E-state index contributed by atoms with van der Waals surface area (Å²) in [6.07, 6.45) is 0.802. The minimum Gasteiger partial charge on any atom is -0.381 e. The number of nitrogens with zero attached hydrogens (tertiary/aromatic N) is 2. The molecule has 0 unspecified atom stereocenters. The monoisotopic (exact) mass is 337 g/mol. The number of carbonyl (C=O) groups is 2. The third-order valence-electron chi connectivity index (χ3n) is 4.25. The van der Waals surface area contributed by atoms with Gasteiger partial charge in [-0.15, -0.1) is 0 Å². The lowest BCUT2D eigenvalue weighted by atomic mass is 10.1. The summed E-state index contributed by atoms with van der Waals surface area (Å²) in [7, 11) is 0. The molecule has 1 N–H and O–H groups in total. The molecule has 6 nitrogen and oxygen atoms in total. The average Bonchev–Trinajstić information content (AvgIpc) is 3.11. The van der Waals surface area contributed by atoms with Crippen molar-refractivity contribution in [3.63, 3.8) is 0 Å². The first-order valence-electron chi connectivity index (χ1n) is 7.81. The van der Waals surface area contributed by atoms with E-state index in [-0.39, 0.29) is 17.9 Å². The third-order valence-corrected chi connectivity index (χ3v) is 4.50. The number of rotatable bonds is 2. The van der Waals surface area contributed by atoms with Gasteiger partial charge in [0.05, 0.1) is 12.5 Å². The molecule has 0 radical (unpaired) electrons. The lowest BCUT2D eigenvalue weighted by Crippen LogP contribution is -2.53. The minimum atomic E-state index is -0.149. The Bertz CT molecular complexity index is 564. The zero-order valence-corrected chi connectivity index (χ0v) is 13.6. The van der Waals surface area contributed by atoms with Crippen LogP contribution in [0.1, 0.15) is 6.42 Å². The molecule has 2 saturated heterocycles. The van der Waals surface area contributed by atoms with Crippen molar-refractivity contribution in [2.24, 2.45) is 5.92 Å². The number of hydrogen-bond acceptors (Lipinski definition) is 3. The van der Waals surface area contributed by atoms with Crippen molar-refractivity contribution in [2.45, 2.75) is 6.42 Å². The molecule has 1 aromatic rings. The summed E-state index contributed by atoms with van der Waals surface area (Å²) in [4.78, 5) is 28.1. The molecule has 23 heavy (non-hydrogen) atoms. The van der Waals surface area contributed by atoms with Crippen molar-refractivity contribution >= 4 is 29.2 Å². The first-order chi connectivity index (χ1) is 11.1. The lowest BCUT2D eigenvalue weighted by molar-refractivity contribution is -0.136. The number of benzene rings is 1. The Labute approximate surface area is 140 Å². The van der Waals surface area contributed by atoms with Gasteiger partial charge in [0.2, 0.25) is 5.91 Å². The standard InChI is InChI=1S/C16H20ClN3O3/c17-13-1-3-14(4-2-13)18-16(22)20-8-6-19(7-9-20)15(21)12-5-10-23-11-12/h1-4,12H,5-11H2,(H,18,22)/t12-/m1/s1. The van der Waals surface area contributed by atoms with Gasteiger partial charge in [-0.1, -0.05) is 11.6 Å². The first kappa shape index (κ1) is 16.1. The summed E-state index contributed by atoms with van der Waals surface area (Å²) in [6.45, 7) is 3.42. The van der Waals surface area contributed by atoms with Gasteiger partial charge in [0.1, 0.15) is 0 Å². The van der Waals surface area contributed by atoms with Gasteiger partial charge in [0, 0.05) is 43.5 Å². The van der Waals surface area contributed by atoms with E-state index in [0.29, 0.717) is 50.1 Å². The number of urea groups is 1. The highest BCUT2D eigenvalue weighted by molar-refractivity contribution is 6.30. The van der Waals surface area contributed by atoms with Crippen LogP contribution in [-0.4, -0.2) is 61.1 Å². The minimum absolute atomic E-state index is 0.00977. The quantitative estimate of drug-likeness (QED) is 0.898. The van der Waals surface area contributed by atoms with Gasteiger partial charge in [0.25, 0.3) is 0 Å². The molecule has 2 aliphatic heterocycles. The maximum absolute atomic E-state index is 12.3. The van der Waals surface area contributed by atoms with E-state index in [9.17, 15) is 9.59 Å². The van der Waals surface area contributed by atoms with Crippen LogP contribution in [0.3, 0.4) is 0 Å². The fourth-order valence-electron chi connectivity index (χ4n) is 2.85. The van der Waals surface area contributed by atoms with Crippen molar-refractivity contribution < 1.29 is 14.3 Å². The maximum atomic E-state index is 12.3. The molecule has 1 aromatic carbocycles. The van der Waals surface area contributed by atoms with Gasteiger partial charge in [-0.3, -0.25) is 4.79 Å². The van der Waals surface area contributed by atoms with Gasteiger partial charge in [-0.05, 0) is 30.7 Å². The molecule has 1 atom stereocenters. The topological polar surface area (TPSA) is 61.9 Å². The lowest BCUT2D eigenvalue weighted by Gasteiger charge is -2.35. The summed E-state index contributed by atoms with van der Waals surface area (Å²) < 4.78 is 5.27. The molecule has 0 bridgehead atoms. The average molecular weight is 338 g/mol. The largest absolute Gasteiger partial charge is 0.381 e. The normalized spacial score (nSPS) is 21.3. The zero-order chi connectivity index (χ0) is 16.2. The van der Waals surface area contributed by atoms with E-state index in [1.807, 2.05) is 4.90 Å². The molecule has 0 saturated carbocycles. The number of carbonyl (C=O) groups excluding carboxylic acids is 2. The van der Waals surface area contributed by atoms with Gasteiger partial charge in [-0.25, -0.2) is 4.79 Å². The summed E-state index contributed by atoms with van der Waals surface area (Å²) in [5.74, 6) is 0.143. The Morgan fingerprint density at radius 3 is 2.35 bits per heavy atom. The molecule has 2 aliphatic rings. The van der Waals surface area contributed by atoms with Gasteiger partial charge in [-0.2, -0.15) is 0 Å². The molecule has 3 rings (SSSR count). The summed E-state index contributed by atoms with van der Waals surface area (Å²) in [5, 5.41) is 3.47. The van der Waals surface area contributed by atoms with E-state index in [0.717, 1.165) is 6.42 Å². The highest BCUT2D eigenvalue weighted by Crippen LogP contribution is 2.18. The van der Waals surface area contributed by atoms with Crippen LogP contribution >= 0.6 is 11.6 Å². The molecule has 0 spiro atoms. The van der Waals surface area contributed by atoms with Crippen LogP contribution in [0.4, 0.5) is 10.5 Å². The fraction of sp³-hybridized carbons (Fsp3) is 0.500. The van der Waals surface area contributed by atoms with Crippen LogP contribution in [0, 0.1) is 5.92 Å². The van der Waals surface area contributed by atoms with E-state index in [1.54, 1.807) is 29.2 Å². The smallest absolute Gasteiger partial charge is 0.321 e. The Kier molecular flexibility index (Phi) is 5.03. The summed E-state index contributed by atoms with van der Waals surface area (Å²) >= 11 is 5.83. The molecule has 0 aliphatic carbocycles. The van der Waals surface area contributed by atoms with Crippen LogP contribution in [0.5, 0.6) is 0 Å². The van der Waals surface area contributed by atoms with Crippen molar-refractivity contribution in [1.29, 1.82) is 0 Å². The summed E-state index contributed by atoms with van der Waals surface area (Å²) in [6, 6.07) is 6.85. The second-order valence-corrected chi connectivity index (χ2v) is 6.25. The van der Waals surface area contributed by atoms with Crippen LogP contribution in [0.25, 0.3) is 0 Å². The SMILES string of the molecule is O=C(Nc1ccc(Cl)cc1)N1CCN(C(=O)[C@@H]2CCOC2)CC1. The fourth-order valence-corrected chi connectivity index (χ4v) is 2.98. The number of nitrogens with one attached hydrogen (secondary N) is 1. The molecular weight excluding hydrogens is 318 g/mol. The zero-order valence-electron chi connectivity index (χ0n) is 12.8. The van der Waals surface area contributed by atoms with Crippen molar-refractivity contribution in [2.75, 3.05) is 44.7 Å². The molecule has 2 fully saturated rings. The molecule has 3 amide bonds. The van der Waals surface area contributed by atoms with Crippen molar-refractivity contribution in [3.8, 4) is 0 Å². The van der Waals surface area contributed by atoms with Crippen molar-refractivity contribution in [1.82, 2.24) is 9.80 Å². The van der Waals surface area contributed by atoms with E-state index < -0.39 is 0 Å². The molecule has 0 aromatic heterocycles. The van der Waals surface area contributed by atoms with Crippen LogP contribution in [0.15, 0.2) is 24.3 Å². The Morgan fingerprint density at radius 1 is 1.09 bits per heavy atom. The summed E-state index contributed by atoms with van der Waals surface area (Å²) in [5.41, 5.74) is 0.709. The second-order valence-electron chi connectivity index (χ2n) is 5.81. The van der Waals surface area contributed by atoms with Crippen molar-refractivity contribution in [3.05, 3.63) is 29.3 Å². The van der Waals surface area contributed by atoms with Crippen LogP contribution < -0.4 is 5.32 Å². The number of piperazine rings is 1. The second kappa shape index (κ2) is 7.19. The Hall–Kier alpha value is -1.79. The number of anilines is 1.